The summed E-state index contributed by atoms with van der Waals surface area (Å²) in [5.74, 6) is -0.381. The first-order valence-corrected chi connectivity index (χ1v) is 5.80. The fraction of sp³-hybridized carbons (Fsp3) is 0.750. The van der Waals surface area contributed by atoms with Crippen LogP contribution in [-0.2, 0) is 23.7 Å². The SMILES string of the molecule is CCOCCOC(C)OC=C(C)C(=O)OCC. The van der Waals surface area contributed by atoms with Crippen LogP contribution in [0.3, 0.4) is 0 Å². The minimum absolute atomic E-state index is 0.352. The summed E-state index contributed by atoms with van der Waals surface area (Å²) in [6.07, 6.45) is 0.934. The van der Waals surface area contributed by atoms with Crippen LogP contribution in [0.15, 0.2) is 11.8 Å². The standard InChI is InChI=1S/C12H22O5/c1-5-14-7-8-16-11(4)17-9-10(3)12(13)15-6-2/h9,11H,5-8H2,1-4H3. The molecular weight excluding hydrogens is 224 g/mol. The van der Waals surface area contributed by atoms with Gasteiger partial charge in [-0.05, 0) is 27.7 Å². The average molecular weight is 246 g/mol. The average Bonchev–Trinajstić information content (AvgIpc) is 2.32. The Kier molecular flexibility index (Phi) is 9.47. The van der Waals surface area contributed by atoms with Crippen LogP contribution in [0.4, 0.5) is 0 Å². The normalized spacial score (nSPS) is 13.3. The fourth-order valence-corrected chi connectivity index (χ4v) is 0.948. The minimum Gasteiger partial charge on any atom is -0.472 e. The first-order chi connectivity index (χ1) is 8.11. The van der Waals surface area contributed by atoms with Crippen molar-refractivity contribution in [2.24, 2.45) is 0 Å². The highest BCUT2D eigenvalue weighted by Gasteiger charge is 2.06. The van der Waals surface area contributed by atoms with E-state index in [0.717, 1.165) is 0 Å². The zero-order valence-corrected chi connectivity index (χ0v) is 11.0. The summed E-state index contributed by atoms with van der Waals surface area (Å²) in [4.78, 5) is 11.2. The molecule has 0 fully saturated rings. The van der Waals surface area contributed by atoms with Crippen LogP contribution in [0, 0.1) is 0 Å². The molecule has 1 atom stereocenters. The third-order valence-corrected chi connectivity index (χ3v) is 1.82. The second-order valence-electron chi connectivity index (χ2n) is 3.29. The second kappa shape index (κ2) is 10.1. The van der Waals surface area contributed by atoms with Crippen molar-refractivity contribution in [1.82, 2.24) is 0 Å². The van der Waals surface area contributed by atoms with Crippen molar-refractivity contribution in [3.63, 3.8) is 0 Å². The lowest BCUT2D eigenvalue weighted by molar-refractivity contribution is -0.139. The predicted octanol–water partition coefficient (Wildman–Crippen LogP) is 1.87. The quantitative estimate of drug-likeness (QED) is 0.204. The number of hydrogen-bond acceptors (Lipinski definition) is 5. The lowest BCUT2D eigenvalue weighted by atomic mass is 10.3. The van der Waals surface area contributed by atoms with Gasteiger partial charge in [-0.15, -0.1) is 0 Å². The van der Waals surface area contributed by atoms with E-state index in [4.69, 9.17) is 18.9 Å². The monoisotopic (exact) mass is 246 g/mol. The lowest BCUT2D eigenvalue weighted by Crippen LogP contribution is -2.15. The Morgan fingerprint density at radius 2 is 1.94 bits per heavy atom. The van der Waals surface area contributed by atoms with Gasteiger partial charge in [-0.2, -0.15) is 0 Å². The summed E-state index contributed by atoms with van der Waals surface area (Å²) in [6.45, 7) is 9.07. The van der Waals surface area contributed by atoms with Gasteiger partial charge in [0.2, 0.25) is 0 Å². The van der Waals surface area contributed by atoms with E-state index in [-0.39, 0.29) is 5.97 Å². The molecule has 0 spiro atoms. The third kappa shape index (κ3) is 8.71. The topological polar surface area (TPSA) is 54.0 Å². The Bertz CT molecular complexity index is 237. The van der Waals surface area contributed by atoms with Crippen LogP contribution in [0.1, 0.15) is 27.7 Å². The summed E-state index contributed by atoms with van der Waals surface area (Å²) >= 11 is 0. The molecule has 0 aromatic rings. The molecule has 0 aliphatic carbocycles. The Morgan fingerprint density at radius 1 is 1.24 bits per heavy atom. The summed E-state index contributed by atoms with van der Waals surface area (Å²) in [5, 5.41) is 0. The van der Waals surface area contributed by atoms with Crippen LogP contribution in [0.2, 0.25) is 0 Å². The molecule has 0 aromatic carbocycles. The molecular formula is C12H22O5. The molecule has 17 heavy (non-hydrogen) atoms. The van der Waals surface area contributed by atoms with Gasteiger partial charge in [-0.1, -0.05) is 0 Å². The van der Waals surface area contributed by atoms with Crippen LogP contribution in [0.5, 0.6) is 0 Å². The van der Waals surface area contributed by atoms with Crippen LogP contribution >= 0.6 is 0 Å². The van der Waals surface area contributed by atoms with Gasteiger partial charge in [0.15, 0.2) is 6.29 Å². The Labute approximate surface area is 103 Å². The Balaban J connectivity index is 3.76. The Morgan fingerprint density at radius 3 is 2.53 bits per heavy atom. The van der Waals surface area contributed by atoms with E-state index in [2.05, 4.69) is 0 Å². The molecule has 0 heterocycles. The van der Waals surface area contributed by atoms with E-state index in [1.807, 2.05) is 6.92 Å². The fourth-order valence-electron chi connectivity index (χ4n) is 0.948. The van der Waals surface area contributed by atoms with Gasteiger partial charge in [0, 0.05) is 6.61 Å². The largest absolute Gasteiger partial charge is 0.472 e. The summed E-state index contributed by atoms with van der Waals surface area (Å²) in [7, 11) is 0. The summed E-state index contributed by atoms with van der Waals surface area (Å²) in [6, 6.07) is 0. The zero-order chi connectivity index (χ0) is 13.1. The van der Waals surface area contributed by atoms with Crippen molar-refractivity contribution in [2.45, 2.75) is 34.0 Å². The molecule has 0 amide bonds. The van der Waals surface area contributed by atoms with Crippen LogP contribution in [0.25, 0.3) is 0 Å². The van der Waals surface area contributed by atoms with Gasteiger partial charge in [-0.25, -0.2) is 4.79 Å². The molecule has 0 aromatic heterocycles. The highest BCUT2D eigenvalue weighted by atomic mass is 16.7. The van der Waals surface area contributed by atoms with Crippen molar-refractivity contribution in [3.8, 4) is 0 Å². The molecule has 5 nitrogen and oxygen atoms in total. The first-order valence-electron chi connectivity index (χ1n) is 5.80. The molecule has 5 heteroatoms. The van der Waals surface area contributed by atoms with Crippen molar-refractivity contribution >= 4 is 5.97 Å². The van der Waals surface area contributed by atoms with Crippen molar-refractivity contribution < 1.29 is 23.7 Å². The predicted molar refractivity (Wildman–Crippen MR) is 63.4 cm³/mol. The zero-order valence-electron chi connectivity index (χ0n) is 11.0. The van der Waals surface area contributed by atoms with E-state index < -0.39 is 6.29 Å². The number of hydrogen-bond donors (Lipinski definition) is 0. The first kappa shape index (κ1) is 15.9. The highest BCUT2D eigenvalue weighted by molar-refractivity contribution is 5.87. The van der Waals surface area contributed by atoms with E-state index in [9.17, 15) is 4.79 Å². The number of rotatable bonds is 9. The van der Waals surface area contributed by atoms with E-state index >= 15 is 0 Å². The van der Waals surface area contributed by atoms with Gasteiger partial charge in [-0.3, -0.25) is 0 Å². The van der Waals surface area contributed by atoms with Crippen LogP contribution < -0.4 is 0 Å². The van der Waals surface area contributed by atoms with Gasteiger partial charge in [0.25, 0.3) is 0 Å². The van der Waals surface area contributed by atoms with Gasteiger partial charge < -0.3 is 18.9 Å². The molecule has 0 N–H and O–H groups in total. The molecule has 0 bridgehead atoms. The lowest BCUT2D eigenvalue weighted by Gasteiger charge is -2.13. The molecule has 0 radical (unpaired) electrons. The van der Waals surface area contributed by atoms with E-state index in [0.29, 0.717) is 32.0 Å². The highest BCUT2D eigenvalue weighted by Crippen LogP contribution is 2.01. The summed E-state index contributed by atoms with van der Waals surface area (Å²) < 4.78 is 20.4. The van der Waals surface area contributed by atoms with Crippen molar-refractivity contribution in [1.29, 1.82) is 0 Å². The van der Waals surface area contributed by atoms with Gasteiger partial charge in [0.05, 0.1) is 31.7 Å². The number of ether oxygens (including phenoxy) is 4. The maximum Gasteiger partial charge on any atom is 0.336 e. The molecule has 0 rings (SSSR count). The number of esters is 1. The molecule has 0 aliphatic heterocycles. The van der Waals surface area contributed by atoms with E-state index in [1.54, 1.807) is 20.8 Å². The molecule has 0 saturated carbocycles. The van der Waals surface area contributed by atoms with Crippen molar-refractivity contribution in [3.05, 3.63) is 11.8 Å². The molecule has 100 valence electrons. The summed E-state index contributed by atoms with van der Waals surface area (Å²) in [5.41, 5.74) is 0.409. The molecule has 0 saturated heterocycles. The van der Waals surface area contributed by atoms with Crippen LogP contribution in [-0.4, -0.2) is 38.7 Å². The van der Waals surface area contributed by atoms with Gasteiger partial charge in [0.1, 0.15) is 0 Å². The molecule has 1 unspecified atom stereocenters. The maximum atomic E-state index is 11.2. The minimum atomic E-state index is -0.417. The van der Waals surface area contributed by atoms with Crippen molar-refractivity contribution in [2.75, 3.05) is 26.4 Å². The number of carbonyl (C=O) groups is 1. The third-order valence-electron chi connectivity index (χ3n) is 1.82. The molecule has 0 aliphatic rings. The Hall–Kier alpha value is -1.07. The maximum absolute atomic E-state index is 11.2. The van der Waals surface area contributed by atoms with E-state index in [1.165, 1.54) is 6.26 Å². The van der Waals surface area contributed by atoms with Gasteiger partial charge >= 0.3 is 5.97 Å². The second-order valence-corrected chi connectivity index (χ2v) is 3.29. The number of carbonyl (C=O) groups excluding carboxylic acids is 1. The smallest absolute Gasteiger partial charge is 0.336 e.